The van der Waals surface area contributed by atoms with Crippen molar-refractivity contribution in [1.82, 2.24) is 5.01 Å². The van der Waals surface area contributed by atoms with Crippen LogP contribution in [-0.2, 0) is 0 Å². The molecule has 3 atom stereocenters. The Morgan fingerprint density at radius 3 is 2.76 bits per heavy atom. The van der Waals surface area contributed by atoms with Crippen LogP contribution in [0.3, 0.4) is 0 Å². The SMILES string of the molecule is C=CCCC1C=CC(/C=N\[N-]N2CCC(c3ccc(C)cc3)C2)CC1. The highest BCUT2D eigenvalue weighted by atomic mass is 15.7. The monoisotopic (exact) mass is 336 g/mol. The van der Waals surface area contributed by atoms with Crippen LogP contribution in [-0.4, -0.2) is 24.3 Å². The second-order valence-corrected chi connectivity index (χ2v) is 7.42. The second kappa shape index (κ2) is 9.00. The highest BCUT2D eigenvalue weighted by molar-refractivity contribution is 5.64. The molecule has 3 nitrogen and oxygen atoms in total. The number of hydrogen-bond donors (Lipinski definition) is 0. The van der Waals surface area contributed by atoms with Crippen LogP contribution in [0.5, 0.6) is 0 Å². The molecule has 1 aromatic carbocycles. The average molecular weight is 337 g/mol. The first-order valence-electron chi connectivity index (χ1n) is 9.59. The predicted octanol–water partition coefficient (Wildman–Crippen LogP) is 5.61. The minimum atomic E-state index is 0.444. The molecule has 1 heterocycles. The normalized spacial score (nSPS) is 27.0. The molecule has 0 amide bonds. The molecule has 0 spiro atoms. The van der Waals surface area contributed by atoms with Gasteiger partial charge in [-0.2, -0.15) is 0 Å². The molecule has 1 saturated heterocycles. The largest absolute Gasteiger partial charge is 0.538 e. The average Bonchev–Trinajstić information content (AvgIpc) is 3.10. The first kappa shape index (κ1) is 17.9. The molecule has 0 aromatic heterocycles. The fraction of sp³-hybridized carbons (Fsp3) is 0.500. The lowest BCUT2D eigenvalue weighted by molar-refractivity contribution is 0.418. The molecule has 25 heavy (non-hydrogen) atoms. The van der Waals surface area contributed by atoms with Crippen molar-refractivity contribution in [2.24, 2.45) is 16.9 Å². The molecule has 3 unspecified atom stereocenters. The third-order valence-electron chi connectivity index (χ3n) is 5.39. The summed E-state index contributed by atoms with van der Waals surface area (Å²) in [5.74, 6) is 1.74. The smallest absolute Gasteiger partial charge is 0.0104 e. The van der Waals surface area contributed by atoms with Gasteiger partial charge in [0.05, 0.1) is 0 Å². The van der Waals surface area contributed by atoms with E-state index >= 15 is 0 Å². The number of aryl methyl sites for hydroxylation is 1. The first-order valence-corrected chi connectivity index (χ1v) is 9.59. The van der Waals surface area contributed by atoms with E-state index in [0.29, 0.717) is 17.8 Å². The summed E-state index contributed by atoms with van der Waals surface area (Å²) in [6.07, 6.45) is 14.6. The summed E-state index contributed by atoms with van der Waals surface area (Å²) in [4.78, 5) is 0. The molecule has 1 fully saturated rings. The van der Waals surface area contributed by atoms with E-state index in [4.69, 9.17) is 0 Å². The zero-order chi connectivity index (χ0) is 17.5. The van der Waals surface area contributed by atoms with Crippen molar-refractivity contribution >= 4 is 6.21 Å². The Bertz CT molecular complexity index is 602. The number of nitrogens with zero attached hydrogens (tertiary/aromatic N) is 3. The van der Waals surface area contributed by atoms with Crippen molar-refractivity contribution in [2.45, 2.75) is 44.9 Å². The zero-order valence-corrected chi connectivity index (χ0v) is 15.3. The zero-order valence-electron chi connectivity index (χ0n) is 15.3. The molecule has 0 N–H and O–H groups in total. The predicted molar refractivity (Wildman–Crippen MR) is 107 cm³/mol. The van der Waals surface area contributed by atoms with Gasteiger partial charge in [-0.1, -0.05) is 48.1 Å². The lowest BCUT2D eigenvalue weighted by Crippen LogP contribution is -2.14. The van der Waals surface area contributed by atoms with Gasteiger partial charge in [-0.3, -0.25) is 0 Å². The van der Waals surface area contributed by atoms with Crippen molar-refractivity contribution in [3.63, 3.8) is 0 Å². The lowest BCUT2D eigenvalue weighted by atomic mass is 9.87. The summed E-state index contributed by atoms with van der Waals surface area (Å²) < 4.78 is 0. The van der Waals surface area contributed by atoms with E-state index in [9.17, 15) is 0 Å². The molecule has 1 aliphatic heterocycles. The maximum Gasteiger partial charge on any atom is 0.0104 e. The Hall–Kier alpha value is -1.87. The highest BCUT2D eigenvalue weighted by Gasteiger charge is 2.19. The van der Waals surface area contributed by atoms with Crippen molar-refractivity contribution in [3.05, 3.63) is 65.7 Å². The van der Waals surface area contributed by atoms with Crippen LogP contribution in [0.2, 0.25) is 0 Å². The van der Waals surface area contributed by atoms with Crippen LogP contribution in [0.4, 0.5) is 0 Å². The number of rotatable bonds is 7. The Morgan fingerprint density at radius 2 is 2.04 bits per heavy atom. The Balaban J connectivity index is 1.41. The van der Waals surface area contributed by atoms with E-state index in [1.54, 1.807) is 0 Å². The number of hydrogen-bond acceptors (Lipinski definition) is 2. The summed E-state index contributed by atoms with van der Waals surface area (Å²) in [5.41, 5.74) is 7.18. The van der Waals surface area contributed by atoms with E-state index in [1.807, 2.05) is 12.3 Å². The molecule has 134 valence electrons. The van der Waals surface area contributed by atoms with Crippen LogP contribution in [0.25, 0.3) is 5.53 Å². The van der Waals surface area contributed by atoms with E-state index < -0.39 is 0 Å². The van der Waals surface area contributed by atoms with Gasteiger partial charge in [0.15, 0.2) is 0 Å². The van der Waals surface area contributed by atoms with Gasteiger partial charge in [0, 0.05) is 5.92 Å². The fourth-order valence-electron chi connectivity index (χ4n) is 3.72. The first-order chi connectivity index (χ1) is 12.2. The number of allylic oxidation sites excluding steroid dienone is 3. The summed E-state index contributed by atoms with van der Waals surface area (Å²) in [7, 11) is 0. The summed E-state index contributed by atoms with van der Waals surface area (Å²) in [5, 5.41) is 6.48. The third kappa shape index (κ3) is 5.30. The minimum Gasteiger partial charge on any atom is -0.538 e. The number of benzene rings is 1. The summed E-state index contributed by atoms with van der Waals surface area (Å²) in [6.45, 7) is 7.92. The van der Waals surface area contributed by atoms with Crippen LogP contribution in [0.15, 0.2) is 54.2 Å². The van der Waals surface area contributed by atoms with Gasteiger partial charge in [-0.15, -0.1) is 6.58 Å². The van der Waals surface area contributed by atoms with E-state index in [0.717, 1.165) is 25.9 Å². The highest BCUT2D eigenvalue weighted by Crippen LogP contribution is 2.29. The van der Waals surface area contributed by atoms with Gasteiger partial charge in [0.2, 0.25) is 0 Å². The van der Waals surface area contributed by atoms with Crippen molar-refractivity contribution in [3.8, 4) is 0 Å². The van der Waals surface area contributed by atoms with Gasteiger partial charge >= 0.3 is 0 Å². The van der Waals surface area contributed by atoms with Crippen LogP contribution in [0.1, 0.15) is 49.1 Å². The molecule has 0 radical (unpaired) electrons. The van der Waals surface area contributed by atoms with Crippen LogP contribution in [0, 0.1) is 18.8 Å². The molecule has 0 saturated carbocycles. The molecule has 1 aromatic rings. The fourth-order valence-corrected chi connectivity index (χ4v) is 3.72. The lowest BCUT2D eigenvalue weighted by Gasteiger charge is -2.30. The van der Waals surface area contributed by atoms with E-state index in [1.165, 1.54) is 30.4 Å². The van der Waals surface area contributed by atoms with E-state index in [-0.39, 0.29) is 0 Å². The van der Waals surface area contributed by atoms with Gasteiger partial charge in [0.25, 0.3) is 0 Å². The van der Waals surface area contributed by atoms with Gasteiger partial charge in [-0.05, 0) is 75.7 Å². The quantitative estimate of drug-likeness (QED) is 0.362. The van der Waals surface area contributed by atoms with Gasteiger partial charge in [0.1, 0.15) is 0 Å². The minimum absolute atomic E-state index is 0.444. The Labute approximate surface area is 152 Å². The second-order valence-electron chi connectivity index (χ2n) is 7.42. The topological polar surface area (TPSA) is 29.7 Å². The van der Waals surface area contributed by atoms with Crippen molar-refractivity contribution in [1.29, 1.82) is 0 Å². The molecule has 3 heteroatoms. The van der Waals surface area contributed by atoms with Crippen molar-refractivity contribution < 1.29 is 0 Å². The van der Waals surface area contributed by atoms with Gasteiger partial charge < -0.3 is 15.6 Å². The summed E-state index contributed by atoms with van der Waals surface area (Å²) >= 11 is 0. The van der Waals surface area contributed by atoms with Crippen molar-refractivity contribution in [2.75, 3.05) is 13.1 Å². The Morgan fingerprint density at radius 1 is 1.20 bits per heavy atom. The van der Waals surface area contributed by atoms with E-state index in [2.05, 4.69) is 65.6 Å². The van der Waals surface area contributed by atoms with Crippen LogP contribution < -0.4 is 0 Å². The molecule has 0 bridgehead atoms. The molecule has 1 aliphatic carbocycles. The van der Waals surface area contributed by atoms with Crippen LogP contribution >= 0.6 is 0 Å². The maximum atomic E-state index is 4.43. The maximum absolute atomic E-state index is 4.43. The standard InChI is InChI=1S/C22H30N3/c1-3-4-5-19-8-10-20(11-9-19)16-23-24-25-15-14-22(17-25)21-12-6-18(2)7-13-21/h3,6-8,10,12-13,16,19-20,22H,1,4-5,9,11,14-15,17H2,2H3/q-1/b23-16-. The van der Waals surface area contributed by atoms with Gasteiger partial charge in [-0.25, -0.2) is 0 Å². The Kier molecular flexibility index (Phi) is 6.46. The molecule has 3 rings (SSSR count). The third-order valence-corrected chi connectivity index (χ3v) is 5.39. The molecule has 2 aliphatic rings. The molecular formula is C22H30N3-. The summed E-state index contributed by atoms with van der Waals surface area (Å²) in [6, 6.07) is 8.90. The molecular weight excluding hydrogens is 306 g/mol.